The van der Waals surface area contributed by atoms with Gasteiger partial charge in [0.2, 0.25) is 0 Å². The first-order valence-electron chi connectivity index (χ1n) is 7.39. The SMILES string of the molecule is Cn1c(=S)[nH]c2sc3c(c2c1=O)CCN(C(=O)OC(C)(C)C)C3. The molecule has 0 bridgehead atoms. The molecule has 0 radical (unpaired) electrons. The molecule has 0 fully saturated rings. The Kier molecular flexibility index (Phi) is 3.84. The molecule has 3 heterocycles. The summed E-state index contributed by atoms with van der Waals surface area (Å²) in [4.78, 5) is 31.3. The van der Waals surface area contributed by atoms with Gasteiger partial charge in [-0.1, -0.05) is 0 Å². The Bertz CT molecular complexity index is 902. The number of aromatic nitrogens is 2. The Morgan fingerprint density at radius 1 is 1.39 bits per heavy atom. The van der Waals surface area contributed by atoms with Crippen LogP contribution in [0.25, 0.3) is 10.2 Å². The molecule has 0 saturated heterocycles. The highest BCUT2D eigenvalue weighted by Gasteiger charge is 2.29. The number of thiophene rings is 1. The van der Waals surface area contributed by atoms with E-state index in [-0.39, 0.29) is 11.7 Å². The zero-order chi connectivity index (χ0) is 16.9. The van der Waals surface area contributed by atoms with Crippen molar-refractivity contribution in [3.63, 3.8) is 0 Å². The number of amides is 1. The molecule has 1 aliphatic rings. The number of nitrogens with zero attached hydrogens (tertiary/aromatic N) is 2. The van der Waals surface area contributed by atoms with Gasteiger partial charge in [-0.3, -0.25) is 9.36 Å². The Morgan fingerprint density at radius 2 is 2.09 bits per heavy atom. The Morgan fingerprint density at radius 3 is 2.74 bits per heavy atom. The first-order chi connectivity index (χ1) is 10.7. The largest absolute Gasteiger partial charge is 0.444 e. The molecular formula is C15H19N3O3S2. The molecule has 23 heavy (non-hydrogen) atoms. The van der Waals surface area contributed by atoms with Crippen LogP contribution < -0.4 is 5.56 Å². The van der Waals surface area contributed by atoms with Crippen molar-refractivity contribution in [1.29, 1.82) is 0 Å². The second-order valence-electron chi connectivity index (χ2n) is 6.65. The van der Waals surface area contributed by atoms with E-state index in [1.165, 1.54) is 15.9 Å². The molecule has 0 aliphatic carbocycles. The van der Waals surface area contributed by atoms with Crippen LogP contribution in [0.2, 0.25) is 0 Å². The number of hydrogen-bond donors (Lipinski definition) is 1. The molecular weight excluding hydrogens is 334 g/mol. The molecule has 0 unspecified atom stereocenters. The fourth-order valence-electron chi connectivity index (χ4n) is 2.64. The van der Waals surface area contributed by atoms with Crippen LogP contribution in [-0.2, 0) is 24.8 Å². The third-order valence-corrected chi connectivity index (χ3v) is 5.26. The van der Waals surface area contributed by atoms with Crippen molar-refractivity contribution in [2.45, 2.75) is 39.3 Å². The van der Waals surface area contributed by atoms with Gasteiger partial charge in [-0.25, -0.2) is 4.79 Å². The van der Waals surface area contributed by atoms with Crippen molar-refractivity contribution in [3.05, 3.63) is 25.6 Å². The smallest absolute Gasteiger partial charge is 0.410 e. The zero-order valence-electron chi connectivity index (χ0n) is 13.6. The maximum Gasteiger partial charge on any atom is 0.410 e. The van der Waals surface area contributed by atoms with E-state index in [1.54, 1.807) is 11.9 Å². The Balaban J connectivity index is 1.98. The minimum atomic E-state index is -0.515. The summed E-state index contributed by atoms with van der Waals surface area (Å²) >= 11 is 6.65. The maximum atomic E-state index is 12.5. The lowest BCUT2D eigenvalue weighted by Crippen LogP contribution is -2.39. The lowest BCUT2D eigenvalue weighted by molar-refractivity contribution is 0.0227. The number of fused-ring (bicyclic) bond motifs is 3. The van der Waals surface area contributed by atoms with E-state index in [0.717, 1.165) is 15.3 Å². The first-order valence-corrected chi connectivity index (χ1v) is 8.61. The summed E-state index contributed by atoms with van der Waals surface area (Å²) in [5, 5.41) is 0.699. The van der Waals surface area contributed by atoms with Crippen LogP contribution in [0, 0.1) is 4.77 Å². The Labute approximate surface area is 142 Å². The summed E-state index contributed by atoms with van der Waals surface area (Å²) in [6.45, 7) is 6.57. The molecule has 0 atom stereocenters. The van der Waals surface area contributed by atoms with Crippen molar-refractivity contribution in [3.8, 4) is 0 Å². The molecule has 3 rings (SSSR count). The molecule has 124 valence electrons. The van der Waals surface area contributed by atoms with E-state index in [1.807, 2.05) is 20.8 Å². The summed E-state index contributed by atoms with van der Waals surface area (Å²) in [6.07, 6.45) is 0.329. The highest BCUT2D eigenvalue weighted by Crippen LogP contribution is 2.32. The van der Waals surface area contributed by atoms with Crippen molar-refractivity contribution in [2.75, 3.05) is 6.54 Å². The monoisotopic (exact) mass is 353 g/mol. The lowest BCUT2D eigenvalue weighted by atomic mass is 10.1. The van der Waals surface area contributed by atoms with Crippen LogP contribution in [0.5, 0.6) is 0 Å². The first kappa shape index (κ1) is 16.2. The maximum absolute atomic E-state index is 12.5. The predicted molar refractivity (Wildman–Crippen MR) is 92.6 cm³/mol. The summed E-state index contributed by atoms with van der Waals surface area (Å²) in [5.41, 5.74) is 0.432. The molecule has 8 heteroatoms. The van der Waals surface area contributed by atoms with Crippen LogP contribution >= 0.6 is 23.6 Å². The lowest BCUT2D eigenvalue weighted by Gasteiger charge is -2.29. The highest BCUT2D eigenvalue weighted by atomic mass is 32.1. The van der Waals surface area contributed by atoms with Crippen LogP contribution in [0.1, 0.15) is 31.2 Å². The summed E-state index contributed by atoms with van der Waals surface area (Å²) in [7, 11) is 1.67. The van der Waals surface area contributed by atoms with Gasteiger partial charge in [0.1, 0.15) is 10.4 Å². The molecule has 0 saturated carbocycles. The van der Waals surface area contributed by atoms with Crippen LogP contribution in [0.3, 0.4) is 0 Å². The van der Waals surface area contributed by atoms with E-state index < -0.39 is 5.60 Å². The van der Waals surface area contributed by atoms with Crippen molar-refractivity contribution >= 4 is 39.9 Å². The average Bonchev–Trinajstić information content (AvgIpc) is 2.80. The van der Waals surface area contributed by atoms with Crippen LogP contribution in [-0.4, -0.2) is 32.7 Å². The minimum absolute atomic E-state index is 0.0769. The van der Waals surface area contributed by atoms with E-state index in [2.05, 4.69) is 4.98 Å². The summed E-state index contributed by atoms with van der Waals surface area (Å²) < 4.78 is 7.29. The van der Waals surface area contributed by atoms with E-state index in [9.17, 15) is 9.59 Å². The molecule has 2 aromatic rings. The van der Waals surface area contributed by atoms with Gasteiger partial charge in [0.05, 0.1) is 11.9 Å². The predicted octanol–water partition coefficient (Wildman–Crippen LogP) is 2.95. The fraction of sp³-hybridized carbons (Fsp3) is 0.533. The average molecular weight is 353 g/mol. The van der Waals surface area contributed by atoms with Gasteiger partial charge in [0.25, 0.3) is 5.56 Å². The number of carbonyl (C=O) groups excluding carboxylic acids is 1. The van der Waals surface area contributed by atoms with Gasteiger partial charge in [0, 0.05) is 18.5 Å². The van der Waals surface area contributed by atoms with Gasteiger partial charge in [-0.05, 0) is 45.0 Å². The minimum Gasteiger partial charge on any atom is -0.444 e. The number of hydrogen-bond acceptors (Lipinski definition) is 5. The summed E-state index contributed by atoms with van der Waals surface area (Å²) in [6, 6.07) is 0. The van der Waals surface area contributed by atoms with Crippen molar-refractivity contribution in [2.24, 2.45) is 7.05 Å². The van der Waals surface area contributed by atoms with Crippen LogP contribution in [0.4, 0.5) is 4.79 Å². The zero-order valence-corrected chi connectivity index (χ0v) is 15.2. The van der Waals surface area contributed by atoms with Crippen molar-refractivity contribution in [1.82, 2.24) is 14.5 Å². The van der Waals surface area contributed by atoms with Gasteiger partial charge in [-0.15, -0.1) is 11.3 Å². The van der Waals surface area contributed by atoms with Gasteiger partial charge < -0.3 is 14.6 Å². The number of carbonyl (C=O) groups is 1. The third-order valence-electron chi connectivity index (χ3n) is 3.75. The number of rotatable bonds is 0. The van der Waals surface area contributed by atoms with Crippen molar-refractivity contribution < 1.29 is 9.53 Å². The second kappa shape index (κ2) is 5.45. The van der Waals surface area contributed by atoms with Gasteiger partial charge in [-0.2, -0.15) is 0 Å². The van der Waals surface area contributed by atoms with Gasteiger partial charge >= 0.3 is 6.09 Å². The Hall–Kier alpha value is -1.67. The summed E-state index contributed by atoms with van der Waals surface area (Å²) in [5.74, 6) is 0. The quantitative estimate of drug-likeness (QED) is 0.740. The molecule has 0 aromatic carbocycles. The number of ether oxygens (including phenoxy) is 1. The number of nitrogens with one attached hydrogen (secondary N) is 1. The standard InChI is InChI=1S/C15H19N3O3S2/c1-15(2,3)21-14(20)18-6-5-8-9(7-18)23-11-10(8)12(19)17(4)13(22)16-11/h5-7H2,1-4H3,(H,16,22). The third kappa shape index (κ3) is 2.92. The number of aromatic amines is 1. The molecule has 2 aromatic heterocycles. The second-order valence-corrected chi connectivity index (χ2v) is 8.15. The molecule has 1 amide bonds. The normalized spacial score (nSPS) is 14.9. The molecule has 0 spiro atoms. The van der Waals surface area contributed by atoms with E-state index in [0.29, 0.717) is 29.7 Å². The number of H-pyrrole nitrogens is 1. The molecule has 6 nitrogen and oxygen atoms in total. The van der Waals surface area contributed by atoms with E-state index >= 15 is 0 Å². The molecule has 1 N–H and O–H groups in total. The fourth-order valence-corrected chi connectivity index (χ4v) is 4.14. The van der Waals surface area contributed by atoms with E-state index in [4.69, 9.17) is 17.0 Å². The van der Waals surface area contributed by atoms with Crippen LogP contribution in [0.15, 0.2) is 4.79 Å². The highest BCUT2D eigenvalue weighted by molar-refractivity contribution is 7.71. The topological polar surface area (TPSA) is 67.3 Å². The molecule has 1 aliphatic heterocycles. The van der Waals surface area contributed by atoms with Gasteiger partial charge in [0.15, 0.2) is 4.77 Å².